The largest absolute Gasteiger partial charge is 0.477 e. The minimum absolute atomic E-state index is 0.0943. The van der Waals surface area contributed by atoms with E-state index in [1.807, 2.05) is 0 Å². The van der Waals surface area contributed by atoms with Gasteiger partial charge in [-0.1, -0.05) is 5.16 Å². The van der Waals surface area contributed by atoms with Crippen LogP contribution < -0.4 is 9.47 Å². The number of piperidine rings is 1. The smallest absolute Gasteiger partial charge is 0.278 e. The third kappa shape index (κ3) is 3.25. The number of methoxy groups -OCH3 is 1. The first-order valence-corrected chi connectivity index (χ1v) is 7.41. The quantitative estimate of drug-likeness (QED) is 0.843. The number of aromatic nitrogens is 3. The Kier molecular flexibility index (Phi) is 4.40. The average Bonchev–Trinajstić information content (AvgIpc) is 3.01. The van der Waals surface area contributed by atoms with Gasteiger partial charge in [-0.25, -0.2) is 9.97 Å². The van der Waals surface area contributed by atoms with E-state index < -0.39 is 0 Å². The van der Waals surface area contributed by atoms with Crippen LogP contribution >= 0.6 is 0 Å². The molecule has 1 saturated heterocycles. The van der Waals surface area contributed by atoms with E-state index in [1.54, 1.807) is 18.0 Å². The number of likely N-dealkylation sites (tertiary alicyclic amines) is 1. The molecule has 3 heterocycles. The fourth-order valence-electron chi connectivity index (χ4n) is 2.58. The molecular weight excluding hydrogens is 300 g/mol. The van der Waals surface area contributed by atoms with Crippen molar-refractivity contribution in [2.45, 2.75) is 25.9 Å². The van der Waals surface area contributed by atoms with E-state index in [4.69, 9.17) is 14.0 Å². The zero-order chi connectivity index (χ0) is 16.2. The molecule has 23 heavy (non-hydrogen) atoms. The normalized spacial score (nSPS) is 17.8. The van der Waals surface area contributed by atoms with Crippen LogP contribution in [0.3, 0.4) is 0 Å². The Morgan fingerprint density at radius 1 is 1.35 bits per heavy atom. The van der Waals surface area contributed by atoms with Crippen molar-refractivity contribution in [2.75, 3.05) is 20.2 Å². The molecule has 122 valence electrons. The van der Waals surface area contributed by atoms with Gasteiger partial charge in [0.2, 0.25) is 0 Å². The molecule has 2 aromatic heterocycles. The number of hydrogen-bond acceptors (Lipinski definition) is 7. The number of aryl methyl sites for hydroxylation is 1. The minimum Gasteiger partial charge on any atom is -0.477 e. The van der Waals surface area contributed by atoms with Gasteiger partial charge in [0, 0.05) is 18.9 Å². The van der Waals surface area contributed by atoms with Crippen molar-refractivity contribution in [1.29, 1.82) is 0 Å². The Morgan fingerprint density at radius 2 is 2.13 bits per heavy atom. The van der Waals surface area contributed by atoms with E-state index in [0.29, 0.717) is 36.2 Å². The Bertz CT molecular complexity index is 688. The van der Waals surface area contributed by atoms with Crippen molar-refractivity contribution in [3.05, 3.63) is 29.9 Å². The molecule has 1 aliphatic heterocycles. The molecule has 1 aliphatic rings. The lowest BCUT2D eigenvalue weighted by atomic mass is 10.1. The minimum atomic E-state index is -0.154. The molecule has 0 N–H and O–H groups in total. The summed E-state index contributed by atoms with van der Waals surface area (Å²) in [6.45, 7) is 2.88. The maximum atomic E-state index is 12.5. The lowest BCUT2D eigenvalue weighted by Gasteiger charge is -2.32. The summed E-state index contributed by atoms with van der Waals surface area (Å²) in [7, 11) is 1.52. The molecule has 0 aliphatic carbocycles. The first-order chi connectivity index (χ1) is 11.2. The van der Waals surface area contributed by atoms with E-state index >= 15 is 0 Å². The van der Waals surface area contributed by atoms with Crippen molar-refractivity contribution in [2.24, 2.45) is 0 Å². The third-order valence-corrected chi connectivity index (χ3v) is 3.75. The zero-order valence-electron chi connectivity index (χ0n) is 13.1. The number of nitrogens with zero attached hydrogens (tertiary/aromatic N) is 4. The second-order valence-electron chi connectivity index (χ2n) is 5.30. The van der Waals surface area contributed by atoms with Crippen LogP contribution in [0.1, 0.15) is 29.0 Å². The van der Waals surface area contributed by atoms with Crippen LogP contribution in [-0.4, -0.2) is 52.2 Å². The van der Waals surface area contributed by atoms with Crippen LogP contribution in [0, 0.1) is 6.92 Å². The molecule has 3 rings (SSSR count). The van der Waals surface area contributed by atoms with Gasteiger partial charge in [-0.05, 0) is 19.8 Å². The van der Waals surface area contributed by atoms with E-state index in [2.05, 4.69) is 15.1 Å². The Hall–Kier alpha value is -2.64. The lowest BCUT2D eigenvalue weighted by Crippen LogP contribution is -2.44. The summed E-state index contributed by atoms with van der Waals surface area (Å²) in [4.78, 5) is 22.5. The summed E-state index contributed by atoms with van der Waals surface area (Å²) >= 11 is 0. The summed E-state index contributed by atoms with van der Waals surface area (Å²) in [5.74, 6) is 1.11. The molecule has 0 radical (unpaired) electrons. The van der Waals surface area contributed by atoms with Gasteiger partial charge in [-0.15, -0.1) is 0 Å². The molecule has 0 bridgehead atoms. The van der Waals surface area contributed by atoms with E-state index in [0.717, 1.165) is 12.8 Å². The first kappa shape index (κ1) is 15.3. The highest BCUT2D eigenvalue weighted by molar-refractivity contribution is 5.94. The van der Waals surface area contributed by atoms with Gasteiger partial charge in [0.05, 0.1) is 19.9 Å². The summed E-state index contributed by atoms with van der Waals surface area (Å²) in [6.07, 6.45) is 6.07. The van der Waals surface area contributed by atoms with Crippen molar-refractivity contribution in [3.8, 4) is 11.8 Å². The molecule has 0 aromatic carbocycles. The fourth-order valence-corrected chi connectivity index (χ4v) is 2.58. The van der Waals surface area contributed by atoms with Gasteiger partial charge < -0.3 is 18.9 Å². The van der Waals surface area contributed by atoms with E-state index in [1.165, 1.54) is 19.5 Å². The Morgan fingerprint density at radius 3 is 2.83 bits per heavy atom. The average molecular weight is 318 g/mol. The first-order valence-electron chi connectivity index (χ1n) is 7.41. The Balaban J connectivity index is 1.69. The lowest BCUT2D eigenvalue weighted by molar-refractivity contribution is 0.0517. The fraction of sp³-hybridized carbons (Fsp3) is 0.467. The topological polar surface area (TPSA) is 90.6 Å². The zero-order valence-corrected chi connectivity index (χ0v) is 13.1. The summed E-state index contributed by atoms with van der Waals surface area (Å²) in [5, 5.41) is 3.66. The highest BCUT2D eigenvalue weighted by Crippen LogP contribution is 2.24. The number of hydrogen-bond donors (Lipinski definition) is 0. The Labute approximate surface area is 133 Å². The summed E-state index contributed by atoms with van der Waals surface area (Å²) in [6, 6.07) is 0. The molecule has 8 nitrogen and oxygen atoms in total. The number of carbonyl (C=O) groups excluding carboxylic acids is 1. The van der Waals surface area contributed by atoms with Gasteiger partial charge in [0.15, 0.2) is 0 Å². The van der Waals surface area contributed by atoms with Crippen LogP contribution in [0.2, 0.25) is 0 Å². The van der Waals surface area contributed by atoms with Gasteiger partial charge in [-0.3, -0.25) is 4.79 Å². The summed E-state index contributed by atoms with van der Waals surface area (Å²) < 4.78 is 16.0. The number of amides is 1. The van der Waals surface area contributed by atoms with Crippen molar-refractivity contribution >= 4 is 5.91 Å². The van der Waals surface area contributed by atoms with Crippen molar-refractivity contribution in [1.82, 2.24) is 20.0 Å². The van der Waals surface area contributed by atoms with Gasteiger partial charge in [0.25, 0.3) is 17.7 Å². The predicted octanol–water partition coefficient (Wildman–Crippen LogP) is 1.47. The molecular formula is C15H18N4O4. The van der Waals surface area contributed by atoms with Gasteiger partial charge in [0.1, 0.15) is 17.4 Å². The standard InChI is InChI=1S/C15H18N4O4/c1-10-12(8-18-23-10)15(20)19-7-3-4-11(9-19)22-14-13(21-2)16-5-6-17-14/h5-6,8,11H,3-4,7,9H2,1-2H3. The third-order valence-electron chi connectivity index (χ3n) is 3.75. The molecule has 1 atom stereocenters. The molecule has 8 heteroatoms. The van der Waals surface area contributed by atoms with E-state index in [-0.39, 0.29) is 12.0 Å². The highest BCUT2D eigenvalue weighted by atomic mass is 16.5. The number of rotatable bonds is 4. The molecule has 1 fully saturated rings. The maximum Gasteiger partial charge on any atom is 0.278 e. The van der Waals surface area contributed by atoms with Crippen LogP contribution in [-0.2, 0) is 0 Å². The molecule has 0 spiro atoms. The maximum absolute atomic E-state index is 12.5. The second-order valence-corrected chi connectivity index (χ2v) is 5.30. The van der Waals surface area contributed by atoms with Crippen LogP contribution in [0.25, 0.3) is 0 Å². The highest BCUT2D eigenvalue weighted by Gasteiger charge is 2.28. The van der Waals surface area contributed by atoms with Crippen LogP contribution in [0.4, 0.5) is 0 Å². The van der Waals surface area contributed by atoms with Gasteiger partial charge in [-0.2, -0.15) is 0 Å². The van der Waals surface area contributed by atoms with E-state index in [9.17, 15) is 4.79 Å². The monoisotopic (exact) mass is 318 g/mol. The van der Waals surface area contributed by atoms with Gasteiger partial charge >= 0.3 is 0 Å². The SMILES string of the molecule is COc1nccnc1OC1CCCN(C(=O)c2cnoc2C)C1. The second kappa shape index (κ2) is 6.64. The predicted molar refractivity (Wildman–Crippen MR) is 79.4 cm³/mol. The number of carbonyl (C=O) groups is 1. The molecule has 2 aromatic rings. The van der Waals surface area contributed by atoms with Crippen LogP contribution in [0.5, 0.6) is 11.8 Å². The number of ether oxygens (including phenoxy) is 2. The van der Waals surface area contributed by atoms with Crippen molar-refractivity contribution < 1.29 is 18.8 Å². The van der Waals surface area contributed by atoms with Crippen molar-refractivity contribution in [3.63, 3.8) is 0 Å². The molecule has 0 saturated carbocycles. The molecule has 1 amide bonds. The molecule has 1 unspecified atom stereocenters. The summed E-state index contributed by atoms with van der Waals surface area (Å²) in [5.41, 5.74) is 0.489. The van der Waals surface area contributed by atoms with Crippen LogP contribution in [0.15, 0.2) is 23.1 Å².